The van der Waals surface area contributed by atoms with Crippen molar-refractivity contribution in [2.45, 2.75) is 65.0 Å². The van der Waals surface area contributed by atoms with Gasteiger partial charge in [-0.25, -0.2) is 9.59 Å². The molecule has 0 amide bonds. The van der Waals surface area contributed by atoms with Crippen LogP contribution < -0.4 is 0 Å². The Morgan fingerprint density at radius 2 is 1.15 bits per heavy atom. The second-order valence-corrected chi connectivity index (χ2v) is 10.4. The molecule has 152 valence electrons. The predicted octanol–water partition coefficient (Wildman–Crippen LogP) is 2.92. The third kappa shape index (κ3) is 11.3. The molecular formula is C18H32O6S2. The van der Waals surface area contributed by atoms with E-state index in [1.165, 1.54) is 0 Å². The van der Waals surface area contributed by atoms with E-state index in [9.17, 15) is 9.59 Å². The smallest absolute Gasteiger partial charge is 0.417 e. The highest BCUT2D eigenvalue weighted by Gasteiger charge is 2.28. The molecule has 0 saturated carbocycles. The van der Waals surface area contributed by atoms with Gasteiger partial charge < -0.3 is 18.9 Å². The lowest BCUT2D eigenvalue weighted by atomic mass is 10.2. The van der Waals surface area contributed by atoms with Gasteiger partial charge in [0.05, 0.1) is 24.4 Å². The molecule has 1 fully saturated rings. The molecular weight excluding hydrogens is 376 g/mol. The van der Waals surface area contributed by atoms with Gasteiger partial charge in [0.25, 0.3) is 0 Å². The fourth-order valence-electron chi connectivity index (χ4n) is 1.86. The number of rotatable bonds is 4. The molecule has 1 rings (SSSR count). The maximum absolute atomic E-state index is 12.1. The molecule has 0 radical (unpaired) electrons. The van der Waals surface area contributed by atoms with Crippen LogP contribution in [0.25, 0.3) is 0 Å². The molecule has 2 atom stereocenters. The zero-order valence-corrected chi connectivity index (χ0v) is 18.3. The van der Waals surface area contributed by atoms with Gasteiger partial charge >= 0.3 is 11.9 Å². The highest BCUT2D eigenvalue weighted by molar-refractivity contribution is 8.02. The first-order valence-electron chi connectivity index (χ1n) is 8.81. The van der Waals surface area contributed by atoms with E-state index < -0.39 is 24.1 Å². The van der Waals surface area contributed by atoms with Crippen LogP contribution in [0.1, 0.15) is 41.5 Å². The first-order valence-corrected chi connectivity index (χ1v) is 11.1. The topological polar surface area (TPSA) is 71.1 Å². The molecule has 6 nitrogen and oxygen atoms in total. The summed E-state index contributed by atoms with van der Waals surface area (Å²) >= 11 is 3.37. The Balaban J connectivity index is 2.67. The van der Waals surface area contributed by atoms with Gasteiger partial charge in [0.2, 0.25) is 0 Å². The van der Waals surface area contributed by atoms with E-state index in [-0.39, 0.29) is 24.4 Å². The summed E-state index contributed by atoms with van der Waals surface area (Å²) in [4.78, 5) is 24.2. The number of esters is 2. The Hall–Kier alpha value is -0.440. The van der Waals surface area contributed by atoms with Crippen LogP contribution in [0.4, 0.5) is 0 Å². The molecule has 0 spiro atoms. The molecule has 0 bridgehead atoms. The van der Waals surface area contributed by atoms with Crippen molar-refractivity contribution in [1.82, 2.24) is 0 Å². The summed E-state index contributed by atoms with van der Waals surface area (Å²) in [5.74, 6) is 1.08. The molecule has 0 aliphatic carbocycles. The molecule has 8 heteroatoms. The molecule has 1 aliphatic rings. The van der Waals surface area contributed by atoms with Crippen molar-refractivity contribution in [3.8, 4) is 0 Å². The van der Waals surface area contributed by atoms with Crippen molar-refractivity contribution in [2.75, 3.05) is 36.2 Å². The Kier molecular flexibility index (Phi) is 9.79. The lowest BCUT2D eigenvalue weighted by Crippen LogP contribution is -2.37. The molecule has 0 aromatic heterocycles. The number of ether oxygens (including phenoxy) is 4. The Labute approximate surface area is 165 Å². The minimum absolute atomic E-state index is 0.249. The molecule has 0 aromatic rings. The van der Waals surface area contributed by atoms with Crippen LogP contribution in [0.5, 0.6) is 0 Å². The van der Waals surface area contributed by atoms with Gasteiger partial charge in [0.1, 0.15) is 12.2 Å². The summed E-state index contributed by atoms with van der Waals surface area (Å²) in [5.41, 5.74) is -0.682. The third-order valence-electron chi connectivity index (χ3n) is 3.10. The van der Waals surface area contributed by atoms with Gasteiger partial charge in [-0.2, -0.15) is 23.5 Å². The van der Waals surface area contributed by atoms with Crippen LogP contribution in [0, 0.1) is 0 Å². The normalized spacial score (nSPS) is 24.2. The highest BCUT2D eigenvalue weighted by Crippen LogP contribution is 2.17. The number of carbonyl (C=O) groups is 2. The van der Waals surface area contributed by atoms with E-state index in [1.54, 1.807) is 23.5 Å². The minimum atomic E-state index is -0.973. The first kappa shape index (κ1) is 23.6. The Bertz CT molecular complexity index is 414. The maximum atomic E-state index is 12.1. The Morgan fingerprint density at radius 1 is 0.808 bits per heavy atom. The van der Waals surface area contributed by atoms with E-state index in [0.717, 1.165) is 11.5 Å². The second kappa shape index (κ2) is 10.8. The van der Waals surface area contributed by atoms with Crippen LogP contribution in [0.3, 0.4) is 0 Å². The first-order chi connectivity index (χ1) is 12.0. The standard InChI is InChI=1S/C18H32O6S2/c1-17(2,3)21-9-13-11-25-7-8-26-12-14(10-22-18(4,5)6)24-16(20)15(19)23-13/h13-14H,7-12H2,1-6H3. The van der Waals surface area contributed by atoms with Gasteiger partial charge in [-0.1, -0.05) is 0 Å². The van der Waals surface area contributed by atoms with E-state index in [2.05, 4.69) is 0 Å². The lowest BCUT2D eigenvalue weighted by molar-refractivity contribution is -0.178. The molecule has 1 aliphatic heterocycles. The van der Waals surface area contributed by atoms with Gasteiger partial charge in [-0.05, 0) is 41.5 Å². The molecule has 0 aromatic carbocycles. The van der Waals surface area contributed by atoms with Crippen molar-refractivity contribution >= 4 is 35.5 Å². The van der Waals surface area contributed by atoms with Crippen LogP contribution in [-0.2, 0) is 28.5 Å². The molecule has 1 saturated heterocycles. The Morgan fingerprint density at radius 3 is 1.46 bits per heavy atom. The number of hydrogen-bond donors (Lipinski definition) is 0. The van der Waals surface area contributed by atoms with Gasteiger partial charge in [0.15, 0.2) is 0 Å². The summed E-state index contributed by atoms with van der Waals surface area (Å²) < 4.78 is 22.0. The van der Waals surface area contributed by atoms with Crippen LogP contribution in [0.2, 0.25) is 0 Å². The molecule has 0 N–H and O–H groups in total. The third-order valence-corrected chi connectivity index (χ3v) is 5.56. The molecule has 26 heavy (non-hydrogen) atoms. The number of cyclic esters (lactones) is 2. The van der Waals surface area contributed by atoms with E-state index in [1.807, 2.05) is 41.5 Å². The minimum Gasteiger partial charge on any atom is -0.451 e. The fraction of sp³-hybridized carbons (Fsp3) is 0.889. The summed E-state index contributed by atoms with van der Waals surface area (Å²) in [7, 11) is 0. The van der Waals surface area contributed by atoms with Gasteiger partial charge in [-0.3, -0.25) is 0 Å². The van der Waals surface area contributed by atoms with Crippen molar-refractivity contribution in [2.24, 2.45) is 0 Å². The number of thioether (sulfide) groups is 2. The average Bonchev–Trinajstić information content (AvgIpc) is 2.49. The average molecular weight is 409 g/mol. The maximum Gasteiger partial charge on any atom is 0.417 e. The predicted molar refractivity (Wildman–Crippen MR) is 106 cm³/mol. The van der Waals surface area contributed by atoms with E-state index >= 15 is 0 Å². The van der Waals surface area contributed by atoms with Crippen molar-refractivity contribution in [3.63, 3.8) is 0 Å². The number of carbonyl (C=O) groups excluding carboxylic acids is 2. The largest absolute Gasteiger partial charge is 0.451 e. The second-order valence-electron chi connectivity index (χ2n) is 8.05. The van der Waals surface area contributed by atoms with Crippen molar-refractivity contribution < 1.29 is 28.5 Å². The van der Waals surface area contributed by atoms with Crippen LogP contribution in [-0.4, -0.2) is 71.6 Å². The van der Waals surface area contributed by atoms with E-state index in [0.29, 0.717) is 11.5 Å². The lowest BCUT2D eigenvalue weighted by Gasteiger charge is -2.26. The molecule has 2 unspecified atom stereocenters. The van der Waals surface area contributed by atoms with E-state index in [4.69, 9.17) is 18.9 Å². The highest BCUT2D eigenvalue weighted by atomic mass is 32.2. The summed E-state index contributed by atoms with van der Waals surface area (Å²) in [5, 5.41) is 0. The van der Waals surface area contributed by atoms with Gasteiger partial charge in [-0.15, -0.1) is 0 Å². The quantitative estimate of drug-likeness (QED) is 0.519. The summed E-state index contributed by atoms with van der Waals surface area (Å²) in [6.07, 6.45) is -0.957. The zero-order valence-electron chi connectivity index (χ0n) is 16.7. The monoisotopic (exact) mass is 408 g/mol. The fourth-order valence-corrected chi connectivity index (χ4v) is 4.00. The van der Waals surface area contributed by atoms with Crippen molar-refractivity contribution in [1.29, 1.82) is 0 Å². The summed E-state index contributed by atoms with van der Waals surface area (Å²) in [6, 6.07) is 0. The zero-order chi connectivity index (χ0) is 19.8. The molecule has 1 heterocycles. The SMILES string of the molecule is CC(C)(C)OCC1CSCCSCC(COC(C)(C)C)OC(=O)C(=O)O1. The van der Waals surface area contributed by atoms with Crippen LogP contribution in [0.15, 0.2) is 0 Å². The van der Waals surface area contributed by atoms with Crippen LogP contribution >= 0.6 is 23.5 Å². The number of hydrogen-bond acceptors (Lipinski definition) is 8. The summed E-state index contributed by atoms with van der Waals surface area (Å²) in [6.45, 7) is 12.1. The van der Waals surface area contributed by atoms with Crippen molar-refractivity contribution in [3.05, 3.63) is 0 Å². The van der Waals surface area contributed by atoms with Gasteiger partial charge in [0, 0.05) is 23.0 Å².